The molecule has 154 valence electrons. The largest absolute Gasteiger partial charge is 0.354 e. The number of anilines is 1. The Bertz CT molecular complexity index is 998. The monoisotopic (exact) mass is 400 g/mol. The molecule has 0 unspecified atom stereocenters. The van der Waals surface area contributed by atoms with Crippen molar-refractivity contribution in [3.8, 4) is 11.3 Å². The number of carbonyl (C=O) groups excluding carboxylic acids is 1. The molecule has 0 radical (unpaired) electrons. The number of aromatic nitrogens is 2. The summed E-state index contributed by atoms with van der Waals surface area (Å²) in [6, 6.07) is 20.5. The highest BCUT2D eigenvalue weighted by atomic mass is 16.1. The van der Waals surface area contributed by atoms with Gasteiger partial charge in [0, 0.05) is 25.2 Å². The van der Waals surface area contributed by atoms with Gasteiger partial charge in [-0.1, -0.05) is 54.1 Å². The summed E-state index contributed by atoms with van der Waals surface area (Å²) in [6.07, 6.45) is 1.88. The van der Waals surface area contributed by atoms with Crippen molar-refractivity contribution in [1.29, 1.82) is 0 Å². The van der Waals surface area contributed by atoms with Crippen molar-refractivity contribution in [2.75, 3.05) is 18.0 Å². The number of benzene rings is 2. The van der Waals surface area contributed by atoms with Gasteiger partial charge in [-0.25, -0.2) is 0 Å². The summed E-state index contributed by atoms with van der Waals surface area (Å²) in [7, 11) is 0. The van der Waals surface area contributed by atoms with E-state index in [4.69, 9.17) is 0 Å². The first-order chi connectivity index (χ1) is 14.6. The maximum atomic E-state index is 12.7. The predicted octanol–water partition coefficient (Wildman–Crippen LogP) is 4.29. The van der Waals surface area contributed by atoms with Crippen LogP contribution < -0.4 is 10.2 Å². The zero-order valence-electron chi connectivity index (χ0n) is 17.6. The van der Waals surface area contributed by atoms with Gasteiger partial charge in [0.15, 0.2) is 5.82 Å². The number of carbonyl (C=O) groups is 1. The van der Waals surface area contributed by atoms with Gasteiger partial charge in [-0.2, -0.15) is 0 Å². The molecule has 1 aromatic heterocycles. The normalized spacial score (nSPS) is 16.3. The summed E-state index contributed by atoms with van der Waals surface area (Å²) in [4.78, 5) is 14.9. The van der Waals surface area contributed by atoms with E-state index < -0.39 is 0 Å². The van der Waals surface area contributed by atoms with Gasteiger partial charge in [-0.15, -0.1) is 10.2 Å². The Kier molecular flexibility index (Phi) is 6.07. The second-order valence-electron chi connectivity index (χ2n) is 8.08. The third-order valence-corrected chi connectivity index (χ3v) is 5.78. The summed E-state index contributed by atoms with van der Waals surface area (Å²) in [5, 5.41) is 12.0. The highest BCUT2D eigenvalue weighted by Gasteiger charge is 2.26. The van der Waals surface area contributed by atoms with Crippen LogP contribution in [-0.4, -0.2) is 29.2 Å². The van der Waals surface area contributed by atoms with E-state index >= 15 is 0 Å². The Hall–Kier alpha value is -3.21. The third kappa shape index (κ3) is 4.67. The molecular formula is C25H28N4O. The number of hydrogen-bond donors (Lipinski definition) is 1. The fourth-order valence-electron chi connectivity index (χ4n) is 3.94. The van der Waals surface area contributed by atoms with Gasteiger partial charge in [0.1, 0.15) is 0 Å². The van der Waals surface area contributed by atoms with Crippen LogP contribution in [0.5, 0.6) is 0 Å². The maximum absolute atomic E-state index is 12.7. The molecule has 5 nitrogen and oxygen atoms in total. The van der Waals surface area contributed by atoms with E-state index in [2.05, 4.69) is 70.7 Å². The molecule has 1 aliphatic rings. The van der Waals surface area contributed by atoms with Gasteiger partial charge >= 0.3 is 0 Å². The van der Waals surface area contributed by atoms with Crippen LogP contribution in [0, 0.1) is 19.8 Å². The number of amides is 1. The van der Waals surface area contributed by atoms with E-state index in [1.165, 1.54) is 11.1 Å². The van der Waals surface area contributed by atoms with Gasteiger partial charge in [0.25, 0.3) is 0 Å². The van der Waals surface area contributed by atoms with Crippen LogP contribution in [0.1, 0.15) is 29.5 Å². The lowest BCUT2D eigenvalue weighted by molar-refractivity contribution is -0.125. The van der Waals surface area contributed by atoms with Crippen LogP contribution in [0.25, 0.3) is 11.3 Å². The average molecular weight is 401 g/mol. The average Bonchev–Trinajstić information content (AvgIpc) is 2.79. The fourth-order valence-corrected chi connectivity index (χ4v) is 3.94. The van der Waals surface area contributed by atoms with Crippen LogP contribution in [0.4, 0.5) is 5.82 Å². The standard InChI is InChI=1S/C25H28N4O/c1-18-9-11-20(12-10-18)16-26-25(30)21-7-5-15-29(17-21)24-14-13-23(27-28-24)22-8-4-3-6-19(22)2/h3-4,6,8-14,21H,5,7,15-17H2,1-2H3,(H,26,30)/t21-/m1/s1. The van der Waals surface area contributed by atoms with Crippen LogP contribution in [-0.2, 0) is 11.3 Å². The Labute approximate surface area is 178 Å². The Morgan fingerprint density at radius 2 is 1.83 bits per heavy atom. The van der Waals surface area contributed by atoms with Gasteiger partial charge in [0.2, 0.25) is 5.91 Å². The molecule has 1 amide bonds. The minimum atomic E-state index is -0.0259. The molecule has 1 aliphatic heterocycles. The van der Waals surface area contributed by atoms with E-state index in [0.717, 1.165) is 42.0 Å². The Morgan fingerprint density at radius 3 is 2.57 bits per heavy atom. The number of rotatable bonds is 5. The summed E-state index contributed by atoms with van der Waals surface area (Å²) >= 11 is 0. The number of piperidine rings is 1. The molecule has 0 bridgehead atoms. The smallest absolute Gasteiger partial charge is 0.225 e. The molecule has 0 aliphatic carbocycles. The molecule has 1 saturated heterocycles. The maximum Gasteiger partial charge on any atom is 0.225 e. The second-order valence-corrected chi connectivity index (χ2v) is 8.08. The molecule has 4 rings (SSSR count). The molecular weight excluding hydrogens is 372 g/mol. The molecule has 5 heteroatoms. The zero-order chi connectivity index (χ0) is 20.9. The first kappa shape index (κ1) is 20.1. The number of nitrogens with one attached hydrogen (secondary N) is 1. The van der Waals surface area contributed by atoms with Crippen molar-refractivity contribution in [2.24, 2.45) is 5.92 Å². The lowest BCUT2D eigenvalue weighted by Crippen LogP contribution is -2.43. The molecule has 2 heterocycles. The van der Waals surface area contributed by atoms with E-state index in [9.17, 15) is 4.79 Å². The minimum Gasteiger partial charge on any atom is -0.354 e. The second kappa shape index (κ2) is 9.08. The zero-order valence-corrected chi connectivity index (χ0v) is 17.6. The lowest BCUT2D eigenvalue weighted by Gasteiger charge is -2.32. The van der Waals surface area contributed by atoms with Gasteiger partial charge in [0.05, 0.1) is 11.6 Å². The van der Waals surface area contributed by atoms with Crippen molar-refractivity contribution >= 4 is 11.7 Å². The van der Waals surface area contributed by atoms with E-state index in [-0.39, 0.29) is 11.8 Å². The van der Waals surface area contributed by atoms with E-state index in [1.54, 1.807) is 0 Å². The van der Waals surface area contributed by atoms with Crippen LogP contribution >= 0.6 is 0 Å². The van der Waals surface area contributed by atoms with Crippen LogP contribution in [0.2, 0.25) is 0 Å². The van der Waals surface area contributed by atoms with Gasteiger partial charge in [-0.3, -0.25) is 4.79 Å². The summed E-state index contributed by atoms with van der Waals surface area (Å²) in [5.41, 5.74) is 5.51. The molecule has 1 N–H and O–H groups in total. The first-order valence-corrected chi connectivity index (χ1v) is 10.6. The molecule has 3 aromatic rings. The first-order valence-electron chi connectivity index (χ1n) is 10.6. The van der Waals surface area contributed by atoms with Crippen molar-refractivity contribution in [2.45, 2.75) is 33.2 Å². The molecule has 1 fully saturated rings. The van der Waals surface area contributed by atoms with Crippen molar-refractivity contribution < 1.29 is 4.79 Å². The van der Waals surface area contributed by atoms with Crippen molar-refractivity contribution in [1.82, 2.24) is 15.5 Å². The van der Waals surface area contributed by atoms with E-state index in [0.29, 0.717) is 13.1 Å². The quantitative estimate of drug-likeness (QED) is 0.694. The fraction of sp³-hybridized carbons (Fsp3) is 0.320. The number of nitrogens with zero attached hydrogens (tertiary/aromatic N) is 3. The lowest BCUT2D eigenvalue weighted by atomic mass is 9.97. The predicted molar refractivity (Wildman–Crippen MR) is 120 cm³/mol. The topological polar surface area (TPSA) is 58.1 Å². The summed E-state index contributed by atoms with van der Waals surface area (Å²) in [6.45, 7) is 6.30. The summed E-state index contributed by atoms with van der Waals surface area (Å²) < 4.78 is 0. The van der Waals surface area contributed by atoms with Gasteiger partial charge in [-0.05, 0) is 49.9 Å². The summed E-state index contributed by atoms with van der Waals surface area (Å²) in [5.74, 6) is 0.926. The highest BCUT2D eigenvalue weighted by Crippen LogP contribution is 2.25. The molecule has 1 atom stereocenters. The molecule has 2 aromatic carbocycles. The van der Waals surface area contributed by atoms with Gasteiger partial charge < -0.3 is 10.2 Å². The van der Waals surface area contributed by atoms with Crippen LogP contribution in [0.15, 0.2) is 60.7 Å². The third-order valence-electron chi connectivity index (χ3n) is 5.78. The number of aryl methyl sites for hydroxylation is 2. The SMILES string of the molecule is Cc1ccc(CNC(=O)[C@@H]2CCCN(c3ccc(-c4ccccc4C)nn3)C2)cc1. The Morgan fingerprint density at radius 1 is 1.03 bits per heavy atom. The van der Waals surface area contributed by atoms with Crippen molar-refractivity contribution in [3.63, 3.8) is 0 Å². The van der Waals surface area contributed by atoms with E-state index in [1.807, 2.05) is 24.3 Å². The highest BCUT2D eigenvalue weighted by molar-refractivity contribution is 5.79. The molecule has 30 heavy (non-hydrogen) atoms. The molecule has 0 saturated carbocycles. The minimum absolute atomic E-state index is 0.0259. The molecule has 0 spiro atoms. The van der Waals surface area contributed by atoms with Crippen molar-refractivity contribution in [3.05, 3.63) is 77.4 Å². The van der Waals surface area contributed by atoms with Crippen LogP contribution in [0.3, 0.4) is 0 Å². The number of hydrogen-bond acceptors (Lipinski definition) is 4. The Balaban J connectivity index is 1.38.